The predicted molar refractivity (Wildman–Crippen MR) is 150 cm³/mol. The summed E-state index contributed by atoms with van der Waals surface area (Å²) in [4.78, 5) is 28.6. The first-order valence-electron chi connectivity index (χ1n) is 12.7. The van der Waals surface area contributed by atoms with Crippen molar-refractivity contribution in [2.75, 3.05) is 62.4 Å². The molecule has 11 nitrogen and oxygen atoms in total. The first-order chi connectivity index (χ1) is 19.9. The maximum atomic E-state index is 14.1. The normalized spacial score (nSPS) is 13.7. The molecule has 4 aromatic rings. The molecule has 1 saturated heterocycles. The van der Waals surface area contributed by atoms with Crippen molar-refractivity contribution in [3.63, 3.8) is 0 Å². The van der Waals surface area contributed by atoms with Gasteiger partial charge in [0.05, 0.1) is 11.4 Å². The fourth-order valence-electron chi connectivity index (χ4n) is 3.92. The molecule has 0 unspecified atom stereocenters. The third kappa shape index (κ3) is 7.90. The number of benzene rings is 2. The Kier molecular flexibility index (Phi) is 9.20. The third-order valence-electron chi connectivity index (χ3n) is 6.25. The average Bonchev–Trinajstić information content (AvgIpc) is 3.44. The third-order valence-corrected chi connectivity index (χ3v) is 6.25. The van der Waals surface area contributed by atoms with Crippen molar-refractivity contribution in [3.8, 4) is 16.9 Å². The molecule has 42 heavy (non-hydrogen) atoms. The van der Waals surface area contributed by atoms with Crippen LogP contribution < -0.4 is 15.1 Å². The zero-order chi connectivity index (χ0) is 30.4. The molecule has 0 bridgehead atoms. The van der Waals surface area contributed by atoms with E-state index in [2.05, 4.69) is 42.2 Å². The fraction of sp³-hybridized carbons (Fsp3) is 0.296. The van der Waals surface area contributed by atoms with Crippen LogP contribution in [0.15, 0.2) is 61.1 Å². The van der Waals surface area contributed by atoms with Crippen molar-refractivity contribution < 1.29 is 27.5 Å². The molecule has 0 amide bonds. The van der Waals surface area contributed by atoms with Crippen LogP contribution in [0.3, 0.4) is 0 Å². The maximum absolute atomic E-state index is 14.1. The zero-order valence-electron chi connectivity index (χ0n) is 23.0. The SMILES string of the molecule is CN1CCN(c2ncn(-c3ccc(Nc4nccc(-c5cc(F)cc(N(C)C)c5)n4)cc3)n2)CC1.O=C(O)C(F)(F)F. The molecular weight excluding hydrogens is 558 g/mol. The van der Waals surface area contributed by atoms with Gasteiger partial charge in [-0.1, -0.05) is 0 Å². The van der Waals surface area contributed by atoms with E-state index in [0.29, 0.717) is 17.2 Å². The van der Waals surface area contributed by atoms with E-state index in [-0.39, 0.29) is 5.82 Å². The van der Waals surface area contributed by atoms with Crippen LogP contribution in [-0.2, 0) is 4.79 Å². The van der Waals surface area contributed by atoms with Crippen LogP contribution >= 0.6 is 0 Å². The van der Waals surface area contributed by atoms with E-state index >= 15 is 0 Å². The molecule has 2 aromatic carbocycles. The van der Waals surface area contributed by atoms with E-state index < -0.39 is 12.1 Å². The Morgan fingerprint density at radius 1 is 1.00 bits per heavy atom. The van der Waals surface area contributed by atoms with E-state index in [1.165, 1.54) is 12.1 Å². The number of halogens is 4. The monoisotopic (exact) mass is 587 g/mol. The highest BCUT2D eigenvalue weighted by Crippen LogP contribution is 2.25. The molecule has 1 aliphatic heterocycles. The van der Waals surface area contributed by atoms with Crippen molar-refractivity contribution in [1.29, 1.82) is 0 Å². The Morgan fingerprint density at radius 3 is 2.29 bits per heavy atom. The highest BCUT2D eigenvalue weighted by Gasteiger charge is 2.38. The summed E-state index contributed by atoms with van der Waals surface area (Å²) in [5.41, 5.74) is 3.85. The number of hydrogen-bond acceptors (Lipinski definition) is 9. The summed E-state index contributed by atoms with van der Waals surface area (Å²) in [7, 11) is 5.88. The van der Waals surface area contributed by atoms with Gasteiger partial charge in [0.1, 0.15) is 12.1 Å². The number of carboxylic acid groups (broad SMARTS) is 1. The Labute approximate surface area is 239 Å². The number of nitrogens with one attached hydrogen (secondary N) is 1. The van der Waals surface area contributed by atoms with Gasteiger partial charge in [-0.2, -0.15) is 18.2 Å². The van der Waals surface area contributed by atoms with Crippen molar-refractivity contribution >= 4 is 29.2 Å². The van der Waals surface area contributed by atoms with Gasteiger partial charge in [0.25, 0.3) is 0 Å². The number of aromatic nitrogens is 5. The number of carboxylic acids is 1. The zero-order valence-corrected chi connectivity index (χ0v) is 23.0. The van der Waals surface area contributed by atoms with Gasteiger partial charge in [-0.25, -0.2) is 23.8 Å². The number of piperazine rings is 1. The summed E-state index contributed by atoms with van der Waals surface area (Å²) in [6, 6.07) is 14.4. The first-order valence-corrected chi connectivity index (χ1v) is 12.7. The van der Waals surface area contributed by atoms with Crippen LogP contribution in [0.2, 0.25) is 0 Å². The number of likely N-dealkylation sites (N-methyl/N-ethyl adjacent to an activating group) is 1. The minimum atomic E-state index is -5.08. The highest BCUT2D eigenvalue weighted by molar-refractivity contribution is 5.73. The lowest BCUT2D eigenvalue weighted by Crippen LogP contribution is -2.45. The van der Waals surface area contributed by atoms with Gasteiger partial charge in [0.15, 0.2) is 0 Å². The molecule has 15 heteroatoms. The van der Waals surface area contributed by atoms with Crippen LogP contribution in [-0.4, -0.2) is 94.2 Å². The van der Waals surface area contributed by atoms with E-state index in [1.54, 1.807) is 23.3 Å². The molecule has 222 valence electrons. The molecule has 0 atom stereocenters. The van der Waals surface area contributed by atoms with Crippen molar-refractivity contribution in [1.82, 2.24) is 29.6 Å². The number of nitrogens with zero attached hydrogens (tertiary/aromatic N) is 8. The summed E-state index contributed by atoms with van der Waals surface area (Å²) >= 11 is 0. The topological polar surface area (TPSA) is 116 Å². The molecular formula is C27H29F4N9O2. The second kappa shape index (κ2) is 12.8. The van der Waals surface area contributed by atoms with Gasteiger partial charge < -0.3 is 25.1 Å². The Morgan fingerprint density at radius 2 is 1.67 bits per heavy atom. The lowest BCUT2D eigenvalue weighted by Gasteiger charge is -2.31. The van der Waals surface area contributed by atoms with E-state index in [9.17, 15) is 17.6 Å². The second-order valence-corrected chi connectivity index (χ2v) is 9.61. The minimum absolute atomic E-state index is 0.307. The van der Waals surface area contributed by atoms with Crippen molar-refractivity contribution in [3.05, 3.63) is 66.9 Å². The van der Waals surface area contributed by atoms with Crippen LogP contribution in [0, 0.1) is 5.82 Å². The van der Waals surface area contributed by atoms with Crippen LogP contribution in [0.1, 0.15) is 0 Å². The Hall–Kier alpha value is -4.79. The molecule has 1 aliphatic rings. The van der Waals surface area contributed by atoms with E-state index in [1.807, 2.05) is 49.3 Å². The highest BCUT2D eigenvalue weighted by atomic mass is 19.4. The predicted octanol–water partition coefficient (Wildman–Crippen LogP) is 4.06. The van der Waals surface area contributed by atoms with Crippen molar-refractivity contribution in [2.45, 2.75) is 6.18 Å². The average molecular weight is 588 g/mol. The lowest BCUT2D eigenvalue weighted by atomic mass is 10.1. The molecule has 2 aromatic heterocycles. The van der Waals surface area contributed by atoms with E-state index in [4.69, 9.17) is 9.90 Å². The molecule has 5 rings (SSSR count). The fourth-order valence-corrected chi connectivity index (χ4v) is 3.92. The summed E-state index contributed by atoms with van der Waals surface area (Å²) in [5, 5.41) is 15.0. The maximum Gasteiger partial charge on any atom is 0.490 e. The standard InChI is InChI=1S/C25H28FN9.C2HF3O2/c1-32(2)22-15-18(14-19(26)16-22)23-8-9-27-24(30-23)29-20-4-6-21(7-5-20)35-17-28-25(31-35)34-12-10-33(3)11-13-34;3-2(4,5)1(6)7/h4-9,14-17H,10-13H2,1-3H3,(H,27,29,30);(H,6,7). The molecule has 1 fully saturated rings. The van der Waals surface area contributed by atoms with Crippen molar-refractivity contribution in [2.24, 2.45) is 0 Å². The largest absolute Gasteiger partial charge is 0.490 e. The smallest absolute Gasteiger partial charge is 0.475 e. The molecule has 2 N–H and O–H groups in total. The number of carbonyl (C=O) groups is 1. The number of rotatable bonds is 6. The summed E-state index contributed by atoms with van der Waals surface area (Å²) in [5.74, 6) is -1.88. The van der Waals surface area contributed by atoms with Gasteiger partial charge in [-0.15, -0.1) is 5.10 Å². The second-order valence-electron chi connectivity index (χ2n) is 9.61. The van der Waals surface area contributed by atoms with Crippen LogP contribution in [0.25, 0.3) is 16.9 Å². The lowest BCUT2D eigenvalue weighted by molar-refractivity contribution is -0.192. The quantitative estimate of drug-likeness (QED) is 0.320. The molecule has 0 radical (unpaired) electrons. The van der Waals surface area contributed by atoms with Crippen LogP contribution in [0.5, 0.6) is 0 Å². The van der Waals surface area contributed by atoms with Gasteiger partial charge in [-0.05, 0) is 55.6 Å². The van der Waals surface area contributed by atoms with Gasteiger partial charge >= 0.3 is 12.1 Å². The minimum Gasteiger partial charge on any atom is -0.475 e. The van der Waals surface area contributed by atoms with Gasteiger partial charge in [0, 0.05) is 63.4 Å². The number of aliphatic carboxylic acids is 1. The number of anilines is 4. The molecule has 0 aliphatic carbocycles. The molecule has 0 saturated carbocycles. The van der Waals surface area contributed by atoms with Crippen LogP contribution in [0.4, 0.5) is 40.8 Å². The molecule has 3 heterocycles. The number of alkyl halides is 3. The van der Waals surface area contributed by atoms with E-state index in [0.717, 1.165) is 49.2 Å². The summed E-state index contributed by atoms with van der Waals surface area (Å²) in [6.45, 7) is 3.87. The number of hydrogen-bond donors (Lipinski definition) is 2. The van der Waals surface area contributed by atoms with Gasteiger partial charge in [0.2, 0.25) is 11.9 Å². The summed E-state index contributed by atoms with van der Waals surface area (Å²) < 4.78 is 47.6. The summed E-state index contributed by atoms with van der Waals surface area (Å²) in [6.07, 6.45) is -1.68. The van der Waals surface area contributed by atoms with Gasteiger partial charge in [-0.3, -0.25) is 0 Å². The first kappa shape index (κ1) is 30.2. The molecule has 0 spiro atoms. The Bertz CT molecular complexity index is 1500. The Balaban J connectivity index is 0.000000517.